The maximum absolute atomic E-state index is 12.7. The summed E-state index contributed by atoms with van der Waals surface area (Å²) >= 11 is 5.94. The first-order chi connectivity index (χ1) is 17.9. The highest BCUT2D eigenvalue weighted by Gasteiger charge is 2.20. The van der Waals surface area contributed by atoms with Gasteiger partial charge in [0.2, 0.25) is 5.89 Å². The molecule has 0 fully saturated rings. The molecule has 0 unspecified atom stereocenters. The van der Waals surface area contributed by atoms with Crippen LogP contribution in [0, 0.1) is 6.92 Å². The van der Waals surface area contributed by atoms with Gasteiger partial charge < -0.3 is 19.0 Å². The third-order valence-corrected chi connectivity index (χ3v) is 5.61. The second-order valence-corrected chi connectivity index (χ2v) is 8.65. The molecule has 4 aromatic rings. The molecule has 0 radical (unpaired) electrons. The van der Waals surface area contributed by atoms with Crippen LogP contribution in [0.25, 0.3) is 11.5 Å². The molecule has 4 rings (SSSR count). The fraction of sp³-hybridized carbons (Fsp3) is 0.179. The lowest BCUT2D eigenvalue weighted by Crippen LogP contribution is -2.37. The molecule has 0 aliphatic carbocycles. The average molecular weight is 521 g/mol. The Kier molecular flexibility index (Phi) is 8.43. The molecule has 0 aliphatic heterocycles. The third-order valence-electron chi connectivity index (χ3n) is 5.38. The molecule has 8 nitrogen and oxygen atoms in total. The Hall–Kier alpha value is -4.30. The minimum Gasteiger partial charge on any atom is -0.493 e. The van der Waals surface area contributed by atoms with Gasteiger partial charge in [-0.15, -0.1) is 0 Å². The fourth-order valence-corrected chi connectivity index (χ4v) is 3.81. The maximum Gasteiger partial charge on any atom is 0.416 e. The van der Waals surface area contributed by atoms with Gasteiger partial charge in [-0.3, -0.25) is 9.69 Å². The summed E-state index contributed by atoms with van der Waals surface area (Å²) in [7, 11) is 0. The largest absolute Gasteiger partial charge is 0.493 e. The number of hydrogen-bond donors (Lipinski definition) is 1. The van der Waals surface area contributed by atoms with Crippen LogP contribution in [-0.2, 0) is 17.8 Å². The van der Waals surface area contributed by atoms with Crippen LogP contribution in [0.2, 0.25) is 5.02 Å². The Morgan fingerprint density at radius 1 is 1.00 bits per heavy atom. The number of carbonyl (C=O) groups is 2. The van der Waals surface area contributed by atoms with Crippen molar-refractivity contribution >= 4 is 23.7 Å². The molecular formula is C28H25ClN2O6. The fourth-order valence-electron chi connectivity index (χ4n) is 3.63. The van der Waals surface area contributed by atoms with E-state index in [1.54, 1.807) is 42.5 Å². The monoisotopic (exact) mass is 520 g/mol. The second-order valence-electron chi connectivity index (χ2n) is 8.21. The summed E-state index contributed by atoms with van der Waals surface area (Å²) in [5.74, 6) is 0.953. The van der Waals surface area contributed by atoms with Crippen LogP contribution in [0.15, 0.2) is 83.3 Å². The van der Waals surface area contributed by atoms with Crippen LogP contribution in [0.3, 0.4) is 0 Å². The van der Waals surface area contributed by atoms with Gasteiger partial charge in [0.1, 0.15) is 23.8 Å². The van der Waals surface area contributed by atoms with E-state index in [0.29, 0.717) is 35.3 Å². The molecule has 37 heavy (non-hydrogen) atoms. The Bertz CT molecular complexity index is 1370. The Labute approximate surface area is 219 Å². The Morgan fingerprint density at radius 3 is 2.51 bits per heavy atom. The van der Waals surface area contributed by atoms with Crippen LogP contribution in [0.1, 0.15) is 17.0 Å². The number of aryl methyl sites for hydroxylation is 1. The van der Waals surface area contributed by atoms with Gasteiger partial charge in [0, 0.05) is 23.6 Å². The molecule has 0 saturated heterocycles. The number of oxazole rings is 1. The van der Waals surface area contributed by atoms with E-state index in [9.17, 15) is 14.7 Å². The van der Waals surface area contributed by atoms with E-state index < -0.39 is 18.6 Å². The van der Waals surface area contributed by atoms with Gasteiger partial charge in [0.05, 0.1) is 12.3 Å². The van der Waals surface area contributed by atoms with Crippen molar-refractivity contribution in [3.8, 4) is 23.0 Å². The van der Waals surface area contributed by atoms with Crippen LogP contribution in [0.4, 0.5) is 4.79 Å². The normalized spacial score (nSPS) is 10.6. The predicted molar refractivity (Wildman–Crippen MR) is 138 cm³/mol. The molecule has 0 aliphatic rings. The van der Waals surface area contributed by atoms with Crippen LogP contribution < -0.4 is 9.47 Å². The Balaban J connectivity index is 1.37. The zero-order valence-electron chi connectivity index (χ0n) is 20.1. The number of carboxylic acid groups (broad SMARTS) is 1. The SMILES string of the molecule is Cc1oc(-c2ccccc2)nc1CCOc1cccc(CN(CC(=O)O)C(=O)Oc2cccc(Cl)c2)c1. The van der Waals surface area contributed by atoms with Crippen molar-refractivity contribution in [1.29, 1.82) is 0 Å². The first kappa shape index (κ1) is 25.8. The van der Waals surface area contributed by atoms with Crippen molar-refractivity contribution in [1.82, 2.24) is 9.88 Å². The third kappa shape index (κ3) is 7.35. The zero-order chi connectivity index (χ0) is 26.2. The summed E-state index contributed by atoms with van der Waals surface area (Å²) in [6.07, 6.45) is -0.254. The van der Waals surface area contributed by atoms with Gasteiger partial charge >= 0.3 is 12.1 Å². The number of carbonyl (C=O) groups excluding carboxylic acids is 1. The molecule has 1 aromatic heterocycles. The molecule has 0 saturated carbocycles. The minimum absolute atomic E-state index is 0.0196. The van der Waals surface area contributed by atoms with Crippen LogP contribution in [-0.4, -0.2) is 40.2 Å². The topological polar surface area (TPSA) is 102 Å². The summed E-state index contributed by atoms with van der Waals surface area (Å²) in [4.78, 5) is 29.7. The van der Waals surface area contributed by atoms with E-state index in [0.717, 1.165) is 21.9 Å². The van der Waals surface area contributed by atoms with Gasteiger partial charge in [-0.2, -0.15) is 0 Å². The molecule has 1 heterocycles. The van der Waals surface area contributed by atoms with Crippen molar-refractivity contribution in [3.63, 3.8) is 0 Å². The van der Waals surface area contributed by atoms with Crippen LogP contribution in [0.5, 0.6) is 11.5 Å². The molecule has 1 amide bonds. The molecule has 1 N–H and O–H groups in total. The highest BCUT2D eigenvalue weighted by molar-refractivity contribution is 6.30. The number of carboxylic acids is 1. The number of aliphatic carboxylic acids is 1. The minimum atomic E-state index is -1.16. The molecule has 9 heteroatoms. The summed E-state index contributed by atoms with van der Waals surface area (Å²) in [6, 6.07) is 23.1. The standard InChI is InChI=1S/C28H25ClN2O6/c1-19-25(30-27(36-19)21-8-3-2-4-9-21)13-14-35-23-11-5-7-20(15-23)17-31(18-26(32)33)28(34)37-24-12-6-10-22(29)16-24/h2-12,15-16H,13-14,17-18H2,1H3,(H,32,33). The lowest BCUT2D eigenvalue weighted by atomic mass is 10.2. The maximum atomic E-state index is 12.7. The predicted octanol–water partition coefficient (Wildman–Crippen LogP) is 6.01. The van der Waals surface area contributed by atoms with Gasteiger partial charge in [-0.1, -0.05) is 48.0 Å². The summed E-state index contributed by atoms with van der Waals surface area (Å²) in [5.41, 5.74) is 2.41. The summed E-state index contributed by atoms with van der Waals surface area (Å²) in [6.45, 7) is 1.72. The lowest BCUT2D eigenvalue weighted by Gasteiger charge is -2.20. The number of rotatable bonds is 10. The molecule has 0 bridgehead atoms. The number of benzene rings is 3. The molecule has 190 valence electrons. The summed E-state index contributed by atoms with van der Waals surface area (Å²) < 4.78 is 17.0. The van der Waals surface area contributed by atoms with Gasteiger partial charge in [-0.25, -0.2) is 9.78 Å². The average Bonchev–Trinajstić information content (AvgIpc) is 3.24. The van der Waals surface area contributed by atoms with Crippen molar-refractivity contribution in [2.45, 2.75) is 19.9 Å². The lowest BCUT2D eigenvalue weighted by molar-refractivity contribution is -0.138. The van der Waals surface area contributed by atoms with Gasteiger partial charge in [0.25, 0.3) is 0 Å². The number of hydrogen-bond acceptors (Lipinski definition) is 6. The van der Waals surface area contributed by atoms with Crippen LogP contribution >= 0.6 is 11.6 Å². The van der Waals surface area contributed by atoms with E-state index in [2.05, 4.69) is 4.98 Å². The zero-order valence-corrected chi connectivity index (χ0v) is 20.9. The van der Waals surface area contributed by atoms with E-state index in [-0.39, 0.29) is 12.3 Å². The second kappa shape index (κ2) is 12.1. The first-order valence-corrected chi connectivity index (χ1v) is 11.9. The number of halogens is 1. The van der Waals surface area contributed by atoms with Crippen molar-refractivity contribution in [2.24, 2.45) is 0 Å². The quantitative estimate of drug-likeness (QED) is 0.273. The molecular weight excluding hydrogens is 496 g/mol. The van der Waals surface area contributed by atoms with E-state index >= 15 is 0 Å². The number of amides is 1. The molecule has 3 aromatic carbocycles. The first-order valence-electron chi connectivity index (χ1n) is 11.5. The van der Waals surface area contributed by atoms with Gasteiger partial charge in [0.15, 0.2) is 0 Å². The number of ether oxygens (including phenoxy) is 2. The van der Waals surface area contributed by atoms with E-state index in [1.165, 1.54) is 6.07 Å². The Morgan fingerprint density at radius 2 is 1.76 bits per heavy atom. The number of nitrogens with zero attached hydrogens (tertiary/aromatic N) is 2. The highest BCUT2D eigenvalue weighted by atomic mass is 35.5. The van der Waals surface area contributed by atoms with Gasteiger partial charge in [-0.05, 0) is 55.0 Å². The summed E-state index contributed by atoms with van der Waals surface area (Å²) in [5, 5.41) is 9.69. The molecule has 0 atom stereocenters. The van der Waals surface area contributed by atoms with E-state index in [4.69, 9.17) is 25.5 Å². The van der Waals surface area contributed by atoms with Crippen molar-refractivity contribution in [3.05, 3.63) is 101 Å². The van der Waals surface area contributed by atoms with Crippen molar-refractivity contribution in [2.75, 3.05) is 13.2 Å². The van der Waals surface area contributed by atoms with E-state index in [1.807, 2.05) is 37.3 Å². The van der Waals surface area contributed by atoms with Crippen molar-refractivity contribution < 1.29 is 28.6 Å². The highest BCUT2D eigenvalue weighted by Crippen LogP contribution is 2.23. The number of aromatic nitrogens is 1. The molecule has 0 spiro atoms. The smallest absolute Gasteiger partial charge is 0.416 e.